The van der Waals surface area contributed by atoms with Crippen LogP contribution in [0.3, 0.4) is 0 Å². The van der Waals surface area contributed by atoms with Crippen molar-refractivity contribution >= 4 is 11.9 Å². The molecule has 0 bridgehead atoms. The molecular weight excluding hydrogens is 266 g/mol. The van der Waals surface area contributed by atoms with E-state index in [-0.39, 0.29) is 24.3 Å². The predicted octanol–water partition coefficient (Wildman–Crippen LogP) is 3.83. The molecule has 0 fully saturated rings. The van der Waals surface area contributed by atoms with Gasteiger partial charge in [-0.2, -0.15) is 0 Å². The third-order valence-electron chi connectivity index (χ3n) is 3.63. The highest BCUT2D eigenvalue weighted by molar-refractivity contribution is 5.75. The second-order valence-corrected chi connectivity index (χ2v) is 6.27. The smallest absolute Gasteiger partial charge is 0.307 e. The van der Waals surface area contributed by atoms with Gasteiger partial charge in [-0.05, 0) is 12.3 Å². The lowest BCUT2D eigenvalue weighted by Gasteiger charge is -2.16. The first kappa shape index (κ1) is 19.9. The maximum Gasteiger partial charge on any atom is 0.307 e. The van der Waals surface area contributed by atoms with Crippen molar-refractivity contribution in [1.82, 2.24) is 5.32 Å². The number of amides is 1. The highest BCUT2D eigenvalue weighted by Crippen LogP contribution is 2.13. The summed E-state index contributed by atoms with van der Waals surface area (Å²) in [5.74, 6) is 0.460. The number of rotatable bonds is 12. The number of methoxy groups -OCH3 is 1. The van der Waals surface area contributed by atoms with E-state index in [1.807, 2.05) is 0 Å². The molecule has 1 unspecified atom stereocenters. The SMILES string of the molecule is COC(=O)CC(CCCCCCCCC(C)C)NC(C)=O. The maximum atomic E-state index is 11.3. The van der Waals surface area contributed by atoms with Gasteiger partial charge < -0.3 is 10.1 Å². The number of nitrogens with one attached hydrogen (secondary N) is 1. The minimum absolute atomic E-state index is 0.0856. The van der Waals surface area contributed by atoms with Crippen LogP contribution in [0.25, 0.3) is 0 Å². The summed E-state index contributed by atoms with van der Waals surface area (Å²) in [5.41, 5.74) is 0. The molecule has 0 saturated heterocycles. The molecule has 0 heterocycles. The fraction of sp³-hybridized carbons (Fsp3) is 0.882. The number of hydrogen-bond donors (Lipinski definition) is 1. The van der Waals surface area contributed by atoms with Crippen LogP contribution >= 0.6 is 0 Å². The van der Waals surface area contributed by atoms with Gasteiger partial charge in [-0.1, -0.05) is 58.8 Å². The third-order valence-corrected chi connectivity index (χ3v) is 3.63. The molecule has 0 aromatic heterocycles. The zero-order chi connectivity index (χ0) is 16.1. The van der Waals surface area contributed by atoms with Gasteiger partial charge in [0.2, 0.25) is 5.91 Å². The average molecular weight is 299 g/mol. The van der Waals surface area contributed by atoms with Crippen LogP contribution in [0.1, 0.15) is 78.6 Å². The summed E-state index contributed by atoms with van der Waals surface area (Å²) >= 11 is 0. The van der Waals surface area contributed by atoms with Gasteiger partial charge >= 0.3 is 5.97 Å². The highest BCUT2D eigenvalue weighted by Gasteiger charge is 2.14. The Morgan fingerprint density at radius 1 is 0.952 bits per heavy atom. The van der Waals surface area contributed by atoms with Gasteiger partial charge in [0.1, 0.15) is 0 Å². The molecule has 1 atom stereocenters. The minimum Gasteiger partial charge on any atom is -0.469 e. The van der Waals surface area contributed by atoms with Crippen molar-refractivity contribution in [2.45, 2.75) is 84.6 Å². The zero-order valence-electron chi connectivity index (χ0n) is 14.2. The van der Waals surface area contributed by atoms with Crippen molar-refractivity contribution in [3.05, 3.63) is 0 Å². The zero-order valence-corrected chi connectivity index (χ0v) is 14.2. The minimum atomic E-state index is -0.262. The molecule has 0 aromatic carbocycles. The Bertz CT molecular complexity index is 290. The topological polar surface area (TPSA) is 55.4 Å². The second kappa shape index (κ2) is 12.7. The van der Waals surface area contributed by atoms with Crippen LogP contribution in [0.15, 0.2) is 0 Å². The Balaban J connectivity index is 3.67. The van der Waals surface area contributed by atoms with E-state index >= 15 is 0 Å². The first-order chi connectivity index (χ1) is 9.95. The number of hydrogen-bond acceptors (Lipinski definition) is 3. The second-order valence-electron chi connectivity index (χ2n) is 6.27. The van der Waals surface area contributed by atoms with E-state index in [0.717, 1.165) is 18.8 Å². The van der Waals surface area contributed by atoms with Crippen molar-refractivity contribution in [2.24, 2.45) is 5.92 Å². The van der Waals surface area contributed by atoms with Gasteiger partial charge in [0.05, 0.1) is 13.5 Å². The van der Waals surface area contributed by atoms with Crippen LogP contribution in [0.4, 0.5) is 0 Å². The lowest BCUT2D eigenvalue weighted by atomic mass is 10.0. The average Bonchev–Trinajstić information content (AvgIpc) is 2.40. The van der Waals surface area contributed by atoms with Crippen LogP contribution < -0.4 is 5.32 Å². The fourth-order valence-electron chi connectivity index (χ4n) is 2.45. The van der Waals surface area contributed by atoms with Crippen LogP contribution in [-0.2, 0) is 14.3 Å². The lowest BCUT2D eigenvalue weighted by molar-refractivity contribution is -0.141. The Morgan fingerprint density at radius 2 is 1.48 bits per heavy atom. The Hall–Kier alpha value is -1.06. The quantitative estimate of drug-likeness (QED) is 0.440. The number of carbonyl (C=O) groups is 2. The Labute approximate surface area is 130 Å². The van der Waals surface area contributed by atoms with E-state index in [1.165, 1.54) is 52.6 Å². The van der Waals surface area contributed by atoms with E-state index in [1.54, 1.807) is 0 Å². The van der Waals surface area contributed by atoms with Crippen molar-refractivity contribution in [3.8, 4) is 0 Å². The number of carbonyl (C=O) groups excluding carboxylic acids is 2. The first-order valence-electron chi connectivity index (χ1n) is 8.29. The summed E-state index contributed by atoms with van der Waals surface area (Å²) in [7, 11) is 1.38. The van der Waals surface area contributed by atoms with Gasteiger partial charge in [0.15, 0.2) is 0 Å². The highest BCUT2D eigenvalue weighted by atomic mass is 16.5. The molecule has 0 rings (SSSR count). The Kier molecular flexibility index (Phi) is 12.0. The summed E-state index contributed by atoms with van der Waals surface area (Å²) in [4.78, 5) is 22.4. The van der Waals surface area contributed by atoms with Crippen LogP contribution in [0, 0.1) is 5.92 Å². The third kappa shape index (κ3) is 13.7. The van der Waals surface area contributed by atoms with Gasteiger partial charge in [-0.3, -0.25) is 9.59 Å². The monoisotopic (exact) mass is 299 g/mol. The molecule has 4 nitrogen and oxygen atoms in total. The van der Waals surface area contributed by atoms with Crippen LogP contribution in [-0.4, -0.2) is 25.0 Å². The van der Waals surface area contributed by atoms with E-state index in [4.69, 9.17) is 0 Å². The van der Waals surface area contributed by atoms with Crippen molar-refractivity contribution in [1.29, 1.82) is 0 Å². The number of ether oxygens (including phenoxy) is 1. The van der Waals surface area contributed by atoms with E-state index < -0.39 is 0 Å². The molecule has 4 heteroatoms. The molecule has 0 aliphatic heterocycles. The van der Waals surface area contributed by atoms with Gasteiger partial charge in [0.25, 0.3) is 0 Å². The van der Waals surface area contributed by atoms with E-state index in [0.29, 0.717) is 0 Å². The molecule has 0 aliphatic rings. The largest absolute Gasteiger partial charge is 0.469 e. The van der Waals surface area contributed by atoms with E-state index in [2.05, 4.69) is 23.9 Å². The van der Waals surface area contributed by atoms with Gasteiger partial charge in [-0.25, -0.2) is 0 Å². The molecule has 0 saturated carbocycles. The molecule has 21 heavy (non-hydrogen) atoms. The summed E-state index contributed by atoms with van der Waals surface area (Å²) in [6, 6.07) is -0.0871. The lowest BCUT2D eigenvalue weighted by Crippen LogP contribution is -2.35. The van der Waals surface area contributed by atoms with Crippen LogP contribution in [0.2, 0.25) is 0 Å². The van der Waals surface area contributed by atoms with Gasteiger partial charge in [-0.15, -0.1) is 0 Å². The summed E-state index contributed by atoms with van der Waals surface area (Å²) < 4.78 is 4.66. The van der Waals surface area contributed by atoms with Crippen LogP contribution in [0.5, 0.6) is 0 Å². The fourth-order valence-corrected chi connectivity index (χ4v) is 2.45. The number of esters is 1. The molecule has 0 radical (unpaired) electrons. The molecule has 0 aliphatic carbocycles. The molecular formula is C17H33NO3. The van der Waals surface area contributed by atoms with Crippen molar-refractivity contribution < 1.29 is 14.3 Å². The summed E-state index contributed by atoms with van der Waals surface area (Å²) in [6.07, 6.45) is 9.82. The first-order valence-corrected chi connectivity index (χ1v) is 8.29. The summed E-state index contributed by atoms with van der Waals surface area (Å²) in [6.45, 7) is 6.02. The Morgan fingerprint density at radius 3 is 1.95 bits per heavy atom. The normalized spacial score (nSPS) is 12.2. The molecule has 1 amide bonds. The number of unbranched alkanes of at least 4 members (excludes halogenated alkanes) is 5. The van der Waals surface area contributed by atoms with Crippen molar-refractivity contribution in [2.75, 3.05) is 7.11 Å². The van der Waals surface area contributed by atoms with Crippen molar-refractivity contribution in [3.63, 3.8) is 0 Å². The van der Waals surface area contributed by atoms with Gasteiger partial charge in [0, 0.05) is 13.0 Å². The molecule has 124 valence electrons. The summed E-state index contributed by atoms with van der Waals surface area (Å²) in [5, 5.41) is 2.83. The molecule has 0 spiro atoms. The van der Waals surface area contributed by atoms with E-state index in [9.17, 15) is 9.59 Å². The maximum absolute atomic E-state index is 11.3. The standard InChI is InChI=1S/C17H33NO3/c1-14(2)11-9-7-5-6-8-10-12-16(18-15(3)19)13-17(20)21-4/h14,16H,5-13H2,1-4H3,(H,18,19). The molecule has 0 aromatic rings. The predicted molar refractivity (Wildman–Crippen MR) is 86.0 cm³/mol. The molecule has 1 N–H and O–H groups in total.